The second-order valence-electron chi connectivity index (χ2n) is 5.65. The Labute approximate surface area is 122 Å². The van der Waals surface area contributed by atoms with Crippen LogP contribution < -0.4 is 0 Å². The average Bonchev–Trinajstić information content (AvgIpc) is 2.25. The molecule has 0 heterocycles. The van der Waals surface area contributed by atoms with Crippen LogP contribution in [0.2, 0.25) is 0 Å². The van der Waals surface area contributed by atoms with Gasteiger partial charge >= 0.3 is 12.1 Å². The van der Waals surface area contributed by atoms with Gasteiger partial charge in [-0.3, -0.25) is 9.59 Å². The lowest BCUT2D eigenvalue weighted by molar-refractivity contribution is -0.173. The lowest BCUT2D eigenvalue weighted by Gasteiger charge is -2.33. The fourth-order valence-electron chi connectivity index (χ4n) is 1.84. The quantitative estimate of drug-likeness (QED) is 0.597. The molecule has 21 heavy (non-hydrogen) atoms. The van der Waals surface area contributed by atoms with Crippen molar-refractivity contribution in [3.63, 3.8) is 0 Å². The highest BCUT2D eigenvalue weighted by Crippen LogP contribution is 2.30. The Kier molecular flexibility index (Phi) is 7.15. The predicted molar refractivity (Wildman–Crippen MR) is 69.3 cm³/mol. The number of ether oxygens (including phenoxy) is 1. The molecule has 124 valence electrons. The van der Waals surface area contributed by atoms with E-state index in [9.17, 15) is 22.8 Å². The Bertz CT molecular complexity index is 363. The molecule has 0 saturated carbocycles. The summed E-state index contributed by atoms with van der Waals surface area (Å²) in [6.07, 6.45) is -4.61. The van der Waals surface area contributed by atoms with Gasteiger partial charge < -0.3 is 14.7 Å². The number of hydrogen-bond donors (Lipinski definition) is 1. The molecule has 1 amide bonds. The maximum absolute atomic E-state index is 12.5. The van der Waals surface area contributed by atoms with Gasteiger partial charge in [0.2, 0.25) is 5.91 Å². The first-order valence-electron chi connectivity index (χ1n) is 6.57. The number of rotatable bonds is 6. The van der Waals surface area contributed by atoms with E-state index in [0.29, 0.717) is 4.90 Å². The van der Waals surface area contributed by atoms with Gasteiger partial charge in [-0.25, -0.2) is 0 Å². The van der Waals surface area contributed by atoms with Crippen molar-refractivity contribution in [2.24, 2.45) is 11.3 Å². The van der Waals surface area contributed by atoms with Crippen LogP contribution in [0.5, 0.6) is 0 Å². The first kappa shape index (κ1) is 19.7. The predicted octanol–water partition coefficient (Wildman–Crippen LogP) is 1.59. The summed E-state index contributed by atoms with van der Waals surface area (Å²) in [6.45, 7) is 3.64. The number of carbonyl (C=O) groups excluding carboxylic acids is 2. The molecule has 1 N–H and O–H groups in total. The fourth-order valence-corrected chi connectivity index (χ4v) is 1.84. The summed E-state index contributed by atoms with van der Waals surface area (Å²) in [7, 11) is 0. The van der Waals surface area contributed by atoms with Crippen LogP contribution in [0.1, 0.15) is 27.7 Å². The Morgan fingerprint density at radius 1 is 1.24 bits per heavy atom. The van der Waals surface area contributed by atoms with E-state index in [1.807, 2.05) is 0 Å². The normalized spacial score (nSPS) is 13.7. The number of aliphatic hydroxyl groups is 1. The minimum Gasteiger partial charge on any atom is -0.465 e. The van der Waals surface area contributed by atoms with Crippen LogP contribution in [0.3, 0.4) is 0 Å². The topological polar surface area (TPSA) is 66.8 Å². The zero-order chi connectivity index (χ0) is 16.8. The van der Waals surface area contributed by atoms with Crippen LogP contribution in [0.15, 0.2) is 0 Å². The molecule has 0 fully saturated rings. The monoisotopic (exact) mass is 313 g/mol. The van der Waals surface area contributed by atoms with Crippen LogP contribution >= 0.6 is 0 Å². The molecule has 0 aliphatic carbocycles. The molecule has 0 aromatic heterocycles. The summed E-state index contributed by atoms with van der Waals surface area (Å²) in [5.41, 5.74) is -0.900. The molecule has 0 radical (unpaired) electrons. The smallest absolute Gasteiger partial charge is 0.406 e. The summed E-state index contributed by atoms with van der Waals surface area (Å²) >= 11 is 0. The van der Waals surface area contributed by atoms with Crippen molar-refractivity contribution in [1.82, 2.24) is 4.90 Å². The highest BCUT2D eigenvalue weighted by Gasteiger charge is 2.43. The van der Waals surface area contributed by atoms with Gasteiger partial charge in [0.15, 0.2) is 0 Å². The van der Waals surface area contributed by atoms with E-state index in [1.54, 1.807) is 27.7 Å². The van der Waals surface area contributed by atoms with Gasteiger partial charge in [-0.2, -0.15) is 13.2 Å². The molecule has 5 nitrogen and oxygen atoms in total. The maximum atomic E-state index is 12.5. The van der Waals surface area contributed by atoms with Gasteiger partial charge in [-0.1, -0.05) is 20.8 Å². The van der Waals surface area contributed by atoms with Crippen molar-refractivity contribution in [3.8, 4) is 0 Å². The third kappa shape index (κ3) is 6.79. The average molecular weight is 313 g/mol. The van der Waals surface area contributed by atoms with E-state index in [0.717, 1.165) is 0 Å². The van der Waals surface area contributed by atoms with E-state index in [-0.39, 0.29) is 6.61 Å². The van der Waals surface area contributed by atoms with Gasteiger partial charge in [0.05, 0.1) is 13.2 Å². The second-order valence-corrected chi connectivity index (χ2v) is 5.65. The molecule has 1 unspecified atom stereocenters. The maximum Gasteiger partial charge on any atom is 0.406 e. The summed E-state index contributed by atoms with van der Waals surface area (Å²) in [5.74, 6) is -3.21. The molecular formula is C13H22F3NO4. The first-order chi connectivity index (χ1) is 9.44. The Morgan fingerprint density at radius 2 is 1.76 bits per heavy atom. The zero-order valence-electron chi connectivity index (χ0n) is 12.7. The van der Waals surface area contributed by atoms with Crippen molar-refractivity contribution in [3.05, 3.63) is 0 Å². The standard InChI is InChI=1S/C13H22F3NO4/c1-5-21-11(20)9(12(2,3)4)10(19)17(6-7-18)8-13(14,15)16/h9,18H,5-8H2,1-4H3. The lowest BCUT2D eigenvalue weighted by Crippen LogP contribution is -2.49. The molecule has 0 aromatic carbocycles. The van der Waals surface area contributed by atoms with Crippen LogP contribution in [0.25, 0.3) is 0 Å². The minimum absolute atomic E-state index is 0.0258. The van der Waals surface area contributed by atoms with Crippen molar-refractivity contribution in [2.75, 3.05) is 26.3 Å². The molecule has 0 aromatic rings. The van der Waals surface area contributed by atoms with Crippen LogP contribution in [0.4, 0.5) is 13.2 Å². The molecule has 8 heteroatoms. The molecule has 0 saturated heterocycles. The third-order valence-electron chi connectivity index (χ3n) is 2.69. The van der Waals surface area contributed by atoms with Crippen molar-refractivity contribution in [2.45, 2.75) is 33.9 Å². The van der Waals surface area contributed by atoms with Gasteiger partial charge in [0.25, 0.3) is 0 Å². The van der Waals surface area contributed by atoms with Gasteiger partial charge in [0.1, 0.15) is 12.5 Å². The third-order valence-corrected chi connectivity index (χ3v) is 2.69. The van der Waals surface area contributed by atoms with Gasteiger partial charge in [0, 0.05) is 6.54 Å². The highest BCUT2D eigenvalue weighted by atomic mass is 19.4. The number of carbonyl (C=O) groups is 2. The number of nitrogens with zero attached hydrogens (tertiary/aromatic N) is 1. The van der Waals surface area contributed by atoms with Gasteiger partial charge in [-0.15, -0.1) is 0 Å². The number of hydrogen-bond acceptors (Lipinski definition) is 4. The van der Waals surface area contributed by atoms with Crippen LogP contribution in [-0.2, 0) is 14.3 Å². The molecule has 0 spiro atoms. The Hall–Kier alpha value is -1.31. The van der Waals surface area contributed by atoms with E-state index in [4.69, 9.17) is 9.84 Å². The summed E-state index contributed by atoms with van der Waals surface area (Å²) in [4.78, 5) is 24.6. The Balaban J connectivity index is 5.35. The Morgan fingerprint density at radius 3 is 2.10 bits per heavy atom. The zero-order valence-corrected chi connectivity index (χ0v) is 12.7. The number of aliphatic hydroxyl groups excluding tert-OH is 1. The molecule has 0 bridgehead atoms. The molecule has 0 aliphatic rings. The molecule has 0 rings (SSSR count). The number of halogens is 3. The lowest BCUT2D eigenvalue weighted by atomic mass is 9.79. The number of alkyl halides is 3. The van der Waals surface area contributed by atoms with Crippen molar-refractivity contribution < 1.29 is 32.6 Å². The second kappa shape index (κ2) is 7.63. The summed E-state index contributed by atoms with van der Waals surface area (Å²) < 4.78 is 42.3. The molecular weight excluding hydrogens is 291 g/mol. The van der Waals surface area contributed by atoms with Crippen molar-refractivity contribution in [1.29, 1.82) is 0 Å². The largest absolute Gasteiger partial charge is 0.465 e. The summed E-state index contributed by atoms with van der Waals surface area (Å²) in [5, 5.41) is 8.83. The van der Waals surface area contributed by atoms with E-state index in [1.165, 1.54) is 0 Å². The van der Waals surface area contributed by atoms with E-state index in [2.05, 4.69) is 0 Å². The van der Waals surface area contributed by atoms with Crippen LogP contribution in [-0.4, -0.2) is 54.4 Å². The van der Waals surface area contributed by atoms with Gasteiger partial charge in [-0.05, 0) is 12.3 Å². The SMILES string of the molecule is CCOC(=O)C(C(=O)N(CCO)CC(F)(F)F)C(C)(C)C. The fraction of sp³-hybridized carbons (Fsp3) is 0.846. The number of amides is 1. The highest BCUT2D eigenvalue weighted by molar-refractivity contribution is 5.98. The summed E-state index contributed by atoms with van der Waals surface area (Å²) in [6, 6.07) is 0. The number of esters is 1. The molecule has 0 aliphatic heterocycles. The van der Waals surface area contributed by atoms with E-state index >= 15 is 0 Å². The van der Waals surface area contributed by atoms with Crippen LogP contribution in [0, 0.1) is 11.3 Å². The minimum atomic E-state index is -4.61. The molecule has 1 atom stereocenters. The van der Waals surface area contributed by atoms with E-state index < -0.39 is 49.1 Å². The van der Waals surface area contributed by atoms with Crippen molar-refractivity contribution >= 4 is 11.9 Å². The first-order valence-corrected chi connectivity index (χ1v) is 6.57.